The van der Waals surface area contributed by atoms with E-state index in [0.717, 1.165) is 30.7 Å². The van der Waals surface area contributed by atoms with Gasteiger partial charge in [0.1, 0.15) is 23.1 Å². The highest BCUT2D eigenvalue weighted by molar-refractivity contribution is 6.42. The first kappa shape index (κ1) is 24.1. The number of carbonyl (C=O) groups is 1. The van der Waals surface area contributed by atoms with E-state index in [-0.39, 0.29) is 18.3 Å². The molecule has 0 saturated carbocycles. The van der Waals surface area contributed by atoms with E-state index in [9.17, 15) is 4.79 Å². The third-order valence-electron chi connectivity index (χ3n) is 5.59. The number of rotatable bonds is 10. The summed E-state index contributed by atoms with van der Waals surface area (Å²) in [6.45, 7) is 7.86. The molecule has 9 heteroatoms. The number of fused-ring (bicyclic) bond motifs is 1. The van der Waals surface area contributed by atoms with Gasteiger partial charge in [-0.1, -0.05) is 55.2 Å². The number of hydrogen-bond acceptors (Lipinski definition) is 5. The van der Waals surface area contributed by atoms with Crippen LogP contribution < -0.4 is 10.1 Å². The molecule has 0 unspecified atom stereocenters. The van der Waals surface area contributed by atoms with Gasteiger partial charge >= 0.3 is 0 Å². The van der Waals surface area contributed by atoms with Crippen LogP contribution in [0.3, 0.4) is 0 Å². The minimum absolute atomic E-state index is 0.107. The zero-order valence-corrected chi connectivity index (χ0v) is 20.6. The van der Waals surface area contributed by atoms with E-state index >= 15 is 0 Å². The van der Waals surface area contributed by atoms with Crippen LogP contribution in [0.5, 0.6) is 5.75 Å². The lowest BCUT2D eigenvalue weighted by Crippen LogP contribution is -2.27. The lowest BCUT2D eigenvalue weighted by Gasteiger charge is -2.19. The number of hydrogen-bond donors (Lipinski definition) is 1. The zero-order valence-electron chi connectivity index (χ0n) is 19.1. The van der Waals surface area contributed by atoms with Gasteiger partial charge in [-0.2, -0.15) is 0 Å². The molecular formula is C25H26Cl2N4O3. The highest BCUT2D eigenvalue weighted by Gasteiger charge is 2.18. The number of anilines is 1. The Morgan fingerprint density at radius 3 is 2.68 bits per heavy atom. The molecule has 0 saturated heterocycles. The molecule has 0 aliphatic rings. The summed E-state index contributed by atoms with van der Waals surface area (Å²) in [7, 11) is 0. The minimum Gasteiger partial charge on any atom is -0.484 e. The fourth-order valence-electron chi connectivity index (χ4n) is 3.66. The maximum absolute atomic E-state index is 12.9. The van der Waals surface area contributed by atoms with E-state index in [0.29, 0.717) is 34.0 Å². The molecule has 178 valence electrons. The first-order valence-electron chi connectivity index (χ1n) is 11.1. The fourth-order valence-corrected chi connectivity index (χ4v) is 4.01. The number of halogens is 2. The maximum Gasteiger partial charge on any atom is 0.293 e. The van der Waals surface area contributed by atoms with Crippen molar-refractivity contribution in [1.29, 1.82) is 0 Å². The van der Waals surface area contributed by atoms with E-state index in [1.165, 1.54) is 0 Å². The standard InChI is InChI=1S/C25H26Cl2N4O3/c1-3-30(4-2)14-15-31-20-10-6-5-9-19(20)28-25(31)29-24(32)22-13-12-17(34-22)16-33-21-11-7-8-18(26)23(21)27/h5-13H,3-4,14-16H2,1-2H3,(H,28,29,32). The second-order valence-corrected chi connectivity index (χ2v) is 8.45. The summed E-state index contributed by atoms with van der Waals surface area (Å²) < 4.78 is 13.4. The number of ether oxygens (including phenoxy) is 1. The van der Waals surface area contributed by atoms with Gasteiger partial charge in [-0.3, -0.25) is 10.1 Å². The number of nitrogens with zero attached hydrogens (tertiary/aromatic N) is 3. The van der Waals surface area contributed by atoms with Crippen molar-refractivity contribution in [3.05, 3.63) is 76.2 Å². The predicted octanol–water partition coefficient (Wildman–Crippen LogP) is 6.11. The zero-order chi connectivity index (χ0) is 24.1. The van der Waals surface area contributed by atoms with Crippen molar-refractivity contribution < 1.29 is 13.9 Å². The molecule has 4 rings (SSSR count). The van der Waals surface area contributed by atoms with Crippen molar-refractivity contribution in [1.82, 2.24) is 14.5 Å². The molecule has 7 nitrogen and oxygen atoms in total. The van der Waals surface area contributed by atoms with Crippen molar-refractivity contribution in [2.45, 2.75) is 27.0 Å². The van der Waals surface area contributed by atoms with E-state index in [4.69, 9.17) is 32.4 Å². The second-order valence-electron chi connectivity index (χ2n) is 7.66. The second kappa shape index (κ2) is 11.0. The van der Waals surface area contributed by atoms with Crippen molar-refractivity contribution >= 4 is 46.1 Å². The van der Waals surface area contributed by atoms with E-state index in [1.807, 2.05) is 28.8 Å². The topological polar surface area (TPSA) is 72.5 Å². The smallest absolute Gasteiger partial charge is 0.293 e. The van der Waals surface area contributed by atoms with Gasteiger partial charge in [-0.25, -0.2) is 4.98 Å². The molecule has 4 aromatic rings. The van der Waals surface area contributed by atoms with Gasteiger partial charge in [0.25, 0.3) is 5.91 Å². The molecule has 2 aromatic carbocycles. The Hall–Kier alpha value is -3.00. The van der Waals surface area contributed by atoms with Crippen LogP contribution in [0.4, 0.5) is 5.95 Å². The summed E-state index contributed by atoms with van der Waals surface area (Å²) in [5.41, 5.74) is 1.79. The predicted molar refractivity (Wildman–Crippen MR) is 135 cm³/mol. The maximum atomic E-state index is 12.9. The molecule has 0 aliphatic heterocycles. The van der Waals surface area contributed by atoms with Crippen LogP contribution >= 0.6 is 23.2 Å². The number of benzene rings is 2. The van der Waals surface area contributed by atoms with Crippen LogP contribution in [0.1, 0.15) is 30.2 Å². The molecule has 0 fully saturated rings. The molecule has 1 N–H and O–H groups in total. The van der Waals surface area contributed by atoms with Crippen molar-refractivity contribution in [2.75, 3.05) is 25.0 Å². The SMILES string of the molecule is CCN(CC)CCn1c(NC(=O)c2ccc(COc3cccc(Cl)c3Cl)o2)nc2ccccc21. The summed E-state index contributed by atoms with van der Waals surface area (Å²) in [6.07, 6.45) is 0. The van der Waals surface area contributed by atoms with Crippen LogP contribution in [-0.2, 0) is 13.2 Å². The van der Waals surface area contributed by atoms with Crippen LogP contribution in [0.2, 0.25) is 10.0 Å². The van der Waals surface area contributed by atoms with Crippen LogP contribution in [-0.4, -0.2) is 40.0 Å². The minimum atomic E-state index is -0.383. The van der Waals surface area contributed by atoms with Gasteiger partial charge in [-0.15, -0.1) is 0 Å². The van der Waals surface area contributed by atoms with Crippen molar-refractivity contribution in [3.8, 4) is 5.75 Å². The third-order valence-corrected chi connectivity index (χ3v) is 6.39. The Bertz CT molecular complexity index is 1280. The Labute approximate surface area is 208 Å². The fraction of sp³-hybridized carbons (Fsp3) is 0.280. The summed E-state index contributed by atoms with van der Waals surface area (Å²) in [6, 6.07) is 16.3. The van der Waals surface area contributed by atoms with E-state index in [2.05, 4.69) is 29.0 Å². The average molecular weight is 501 g/mol. The third kappa shape index (κ3) is 5.38. The largest absolute Gasteiger partial charge is 0.484 e. The van der Waals surface area contributed by atoms with Gasteiger partial charge in [0, 0.05) is 13.1 Å². The summed E-state index contributed by atoms with van der Waals surface area (Å²) in [5, 5.41) is 3.64. The van der Waals surface area contributed by atoms with E-state index < -0.39 is 0 Å². The molecule has 0 radical (unpaired) electrons. The van der Waals surface area contributed by atoms with Crippen LogP contribution in [0.15, 0.2) is 59.0 Å². The molecule has 34 heavy (non-hydrogen) atoms. The Balaban J connectivity index is 1.47. The normalized spacial score (nSPS) is 11.3. The Kier molecular flexibility index (Phi) is 7.77. The number of para-hydroxylation sites is 2. The first-order chi connectivity index (χ1) is 16.5. The first-order valence-corrected chi connectivity index (χ1v) is 11.9. The number of likely N-dealkylation sites (N-methyl/N-ethyl adjacent to an activating group) is 1. The van der Waals surface area contributed by atoms with Gasteiger partial charge in [-0.05, 0) is 49.5 Å². The van der Waals surface area contributed by atoms with Crippen molar-refractivity contribution in [2.24, 2.45) is 0 Å². The molecule has 0 aliphatic carbocycles. The Morgan fingerprint density at radius 1 is 1.09 bits per heavy atom. The van der Waals surface area contributed by atoms with Crippen molar-refractivity contribution in [3.63, 3.8) is 0 Å². The number of imidazole rings is 1. The Morgan fingerprint density at radius 2 is 1.88 bits per heavy atom. The molecule has 0 spiro atoms. The summed E-state index contributed by atoms with van der Waals surface area (Å²) in [5.74, 6) is 1.19. The summed E-state index contributed by atoms with van der Waals surface area (Å²) in [4.78, 5) is 19.9. The number of aromatic nitrogens is 2. The molecule has 2 aromatic heterocycles. The number of furan rings is 1. The quantitative estimate of drug-likeness (QED) is 0.284. The molecule has 2 heterocycles. The lowest BCUT2D eigenvalue weighted by molar-refractivity contribution is 0.0991. The van der Waals surface area contributed by atoms with Gasteiger partial charge in [0.05, 0.1) is 16.1 Å². The monoisotopic (exact) mass is 500 g/mol. The number of nitrogens with one attached hydrogen (secondary N) is 1. The highest BCUT2D eigenvalue weighted by Crippen LogP contribution is 2.32. The lowest BCUT2D eigenvalue weighted by atomic mass is 10.3. The molecule has 0 atom stereocenters. The molecule has 0 bridgehead atoms. The van der Waals surface area contributed by atoms with Crippen LogP contribution in [0.25, 0.3) is 11.0 Å². The van der Waals surface area contributed by atoms with Gasteiger partial charge < -0.3 is 18.6 Å². The van der Waals surface area contributed by atoms with Crippen LogP contribution in [0, 0.1) is 0 Å². The number of carbonyl (C=O) groups excluding carboxylic acids is 1. The molecular weight excluding hydrogens is 475 g/mol. The summed E-state index contributed by atoms with van der Waals surface area (Å²) >= 11 is 12.2. The molecule has 1 amide bonds. The average Bonchev–Trinajstić information content (AvgIpc) is 3.45. The number of amides is 1. The van der Waals surface area contributed by atoms with Gasteiger partial charge in [0.2, 0.25) is 5.95 Å². The highest BCUT2D eigenvalue weighted by atomic mass is 35.5. The van der Waals surface area contributed by atoms with Gasteiger partial charge in [0.15, 0.2) is 5.76 Å². The van der Waals surface area contributed by atoms with E-state index in [1.54, 1.807) is 30.3 Å².